The summed E-state index contributed by atoms with van der Waals surface area (Å²) in [6.07, 6.45) is -4.64. The van der Waals surface area contributed by atoms with Crippen LogP contribution in [0, 0.1) is 18.3 Å². The van der Waals surface area contributed by atoms with Crippen LogP contribution >= 0.6 is 23.1 Å². The van der Waals surface area contributed by atoms with Crippen LogP contribution in [0.4, 0.5) is 13.2 Å². The predicted molar refractivity (Wildman–Crippen MR) is 88.1 cm³/mol. The van der Waals surface area contributed by atoms with Gasteiger partial charge in [0.15, 0.2) is 0 Å². The van der Waals surface area contributed by atoms with Crippen molar-refractivity contribution in [1.82, 2.24) is 10.1 Å². The number of halogens is 3. The molecule has 3 rings (SSSR count). The second kappa shape index (κ2) is 6.90. The van der Waals surface area contributed by atoms with Crippen LogP contribution in [0.2, 0.25) is 0 Å². The molecule has 0 atom stereocenters. The average molecular weight is 381 g/mol. The number of aryl methyl sites for hydroxylation is 1. The molecule has 0 saturated carbocycles. The van der Waals surface area contributed by atoms with Crippen molar-refractivity contribution in [2.24, 2.45) is 0 Å². The molecule has 0 N–H and O–H groups in total. The third-order valence-electron chi connectivity index (χ3n) is 3.20. The van der Waals surface area contributed by atoms with E-state index in [1.165, 1.54) is 11.3 Å². The molecular weight excluding hydrogens is 371 g/mol. The van der Waals surface area contributed by atoms with Gasteiger partial charge in [0.1, 0.15) is 16.9 Å². The van der Waals surface area contributed by atoms with E-state index in [1.54, 1.807) is 36.6 Å². The molecule has 4 nitrogen and oxygen atoms in total. The zero-order valence-electron chi connectivity index (χ0n) is 12.8. The summed E-state index contributed by atoms with van der Waals surface area (Å²) in [7, 11) is 0. The molecule has 0 radical (unpaired) electrons. The Kier molecular flexibility index (Phi) is 4.83. The molecule has 0 aliphatic rings. The van der Waals surface area contributed by atoms with Crippen molar-refractivity contribution < 1.29 is 17.7 Å². The highest BCUT2D eigenvalue weighted by atomic mass is 32.2. The summed E-state index contributed by atoms with van der Waals surface area (Å²) in [6.45, 7) is 1.75. The summed E-state index contributed by atoms with van der Waals surface area (Å²) in [5, 5.41) is 14.8. The van der Waals surface area contributed by atoms with Crippen molar-refractivity contribution in [3.05, 3.63) is 52.2 Å². The Labute approximate surface area is 149 Å². The average Bonchev–Trinajstić information content (AvgIpc) is 3.22. The highest BCUT2D eigenvalue weighted by molar-refractivity contribution is 7.98. The SMILES string of the molecule is Cc1cc(CSc2nc(-c3cccs3)cc(C(F)(F)F)c2C#N)on1. The van der Waals surface area contributed by atoms with E-state index in [2.05, 4.69) is 10.1 Å². The Hall–Kier alpha value is -2.31. The van der Waals surface area contributed by atoms with Crippen molar-refractivity contribution in [1.29, 1.82) is 5.26 Å². The van der Waals surface area contributed by atoms with Gasteiger partial charge in [-0.3, -0.25) is 0 Å². The number of aromatic nitrogens is 2. The second-order valence-corrected chi connectivity index (χ2v) is 6.96. The van der Waals surface area contributed by atoms with E-state index in [-0.39, 0.29) is 16.5 Å². The number of hydrogen-bond donors (Lipinski definition) is 0. The van der Waals surface area contributed by atoms with Crippen molar-refractivity contribution >= 4 is 23.1 Å². The Bertz CT molecular complexity index is 927. The minimum Gasteiger partial charge on any atom is -0.360 e. The molecule has 0 bridgehead atoms. The van der Waals surface area contributed by atoms with Crippen LogP contribution in [0.25, 0.3) is 10.6 Å². The van der Waals surface area contributed by atoms with Crippen LogP contribution < -0.4 is 0 Å². The maximum Gasteiger partial charge on any atom is 0.417 e. The molecule has 128 valence electrons. The summed E-state index contributed by atoms with van der Waals surface area (Å²) in [5.74, 6) is 0.733. The largest absolute Gasteiger partial charge is 0.417 e. The van der Waals surface area contributed by atoms with Crippen LogP contribution in [0.15, 0.2) is 39.2 Å². The third kappa shape index (κ3) is 3.86. The number of nitrogens with zero attached hydrogens (tertiary/aromatic N) is 3. The fraction of sp³-hybridized carbons (Fsp3) is 0.188. The van der Waals surface area contributed by atoms with Crippen LogP contribution in [0.1, 0.15) is 22.6 Å². The second-order valence-electron chi connectivity index (χ2n) is 5.05. The standard InChI is InChI=1S/C16H10F3N3OS2/c1-9-5-10(23-22-9)8-25-15-11(7-20)12(16(17,18)19)6-13(21-15)14-3-2-4-24-14/h2-6H,8H2,1H3. The van der Waals surface area contributed by atoms with Gasteiger partial charge in [0, 0.05) is 6.07 Å². The molecular formula is C16H10F3N3OS2. The van der Waals surface area contributed by atoms with Crippen LogP contribution in [-0.4, -0.2) is 10.1 Å². The molecule has 9 heteroatoms. The quantitative estimate of drug-likeness (QED) is 0.575. The van der Waals surface area contributed by atoms with Crippen molar-refractivity contribution in [2.75, 3.05) is 0 Å². The summed E-state index contributed by atoms with van der Waals surface area (Å²) in [5.41, 5.74) is -0.594. The van der Waals surface area contributed by atoms with Crippen LogP contribution in [0.5, 0.6) is 0 Å². The first-order valence-corrected chi connectivity index (χ1v) is 8.86. The van der Waals surface area contributed by atoms with Gasteiger partial charge in [-0.15, -0.1) is 11.3 Å². The van der Waals surface area contributed by atoms with E-state index < -0.39 is 17.3 Å². The Balaban J connectivity index is 2.05. The van der Waals surface area contributed by atoms with E-state index in [4.69, 9.17) is 4.52 Å². The molecule has 0 unspecified atom stereocenters. The molecule has 0 aliphatic heterocycles. The fourth-order valence-electron chi connectivity index (χ4n) is 2.13. The molecule has 0 amide bonds. The first-order valence-electron chi connectivity index (χ1n) is 6.99. The van der Waals surface area contributed by atoms with Gasteiger partial charge >= 0.3 is 6.18 Å². The van der Waals surface area contributed by atoms with Gasteiger partial charge in [0.2, 0.25) is 0 Å². The Morgan fingerprint density at radius 3 is 2.72 bits per heavy atom. The van der Waals surface area contributed by atoms with Gasteiger partial charge in [-0.25, -0.2) is 4.98 Å². The molecule has 25 heavy (non-hydrogen) atoms. The van der Waals surface area contributed by atoms with Gasteiger partial charge in [-0.05, 0) is 24.4 Å². The van der Waals surface area contributed by atoms with Crippen LogP contribution in [0.3, 0.4) is 0 Å². The van der Waals surface area contributed by atoms with E-state index >= 15 is 0 Å². The van der Waals surface area contributed by atoms with Crippen molar-refractivity contribution in [3.8, 4) is 16.6 Å². The smallest absolute Gasteiger partial charge is 0.360 e. The number of rotatable bonds is 4. The van der Waals surface area contributed by atoms with Gasteiger partial charge in [-0.1, -0.05) is 23.0 Å². The van der Waals surface area contributed by atoms with Crippen molar-refractivity contribution in [3.63, 3.8) is 0 Å². The first kappa shape index (κ1) is 17.5. The number of hydrogen-bond acceptors (Lipinski definition) is 6. The lowest BCUT2D eigenvalue weighted by molar-refractivity contribution is -0.138. The number of thioether (sulfide) groups is 1. The fourth-order valence-corrected chi connectivity index (χ4v) is 3.70. The lowest BCUT2D eigenvalue weighted by Gasteiger charge is -2.13. The van der Waals surface area contributed by atoms with Crippen molar-refractivity contribution in [2.45, 2.75) is 23.9 Å². The van der Waals surface area contributed by atoms with Gasteiger partial charge in [-0.2, -0.15) is 18.4 Å². The zero-order valence-corrected chi connectivity index (χ0v) is 14.4. The Morgan fingerprint density at radius 1 is 1.36 bits per heavy atom. The van der Waals surface area contributed by atoms with Gasteiger partial charge in [0.05, 0.1) is 33.1 Å². The van der Waals surface area contributed by atoms with E-state index in [9.17, 15) is 18.4 Å². The normalized spacial score (nSPS) is 11.5. The number of thiophene rings is 1. The maximum atomic E-state index is 13.4. The summed E-state index contributed by atoms with van der Waals surface area (Å²) < 4.78 is 45.2. The number of nitriles is 1. The molecule has 0 fully saturated rings. The lowest BCUT2D eigenvalue weighted by Crippen LogP contribution is -2.10. The van der Waals surface area contributed by atoms with Gasteiger partial charge < -0.3 is 4.52 Å². The molecule has 0 spiro atoms. The molecule has 0 aliphatic carbocycles. The predicted octanol–water partition coefficient (Wildman–Crippen LogP) is 5.29. The minimum absolute atomic E-state index is 0.0229. The van der Waals surface area contributed by atoms with E-state index in [0.717, 1.165) is 17.8 Å². The highest BCUT2D eigenvalue weighted by Gasteiger charge is 2.36. The molecule has 3 heterocycles. The molecule has 3 aromatic heterocycles. The number of pyridine rings is 1. The first-order chi connectivity index (χ1) is 11.9. The Morgan fingerprint density at radius 2 is 2.16 bits per heavy atom. The van der Waals surface area contributed by atoms with E-state index in [1.807, 2.05) is 0 Å². The summed E-state index contributed by atoms with van der Waals surface area (Å²) >= 11 is 2.30. The van der Waals surface area contributed by atoms with Gasteiger partial charge in [0.25, 0.3) is 0 Å². The maximum absolute atomic E-state index is 13.4. The monoisotopic (exact) mass is 381 g/mol. The minimum atomic E-state index is -4.64. The number of alkyl halides is 3. The topological polar surface area (TPSA) is 62.7 Å². The van der Waals surface area contributed by atoms with E-state index in [0.29, 0.717) is 16.3 Å². The zero-order chi connectivity index (χ0) is 18.0. The summed E-state index contributed by atoms with van der Waals surface area (Å²) in [4.78, 5) is 4.87. The van der Waals surface area contributed by atoms with Crippen LogP contribution in [-0.2, 0) is 11.9 Å². The third-order valence-corrected chi connectivity index (χ3v) is 5.10. The summed E-state index contributed by atoms with van der Waals surface area (Å²) in [6, 6.07) is 7.67. The molecule has 3 aromatic rings. The molecule has 0 aromatic carbocycles. The highest BCUT2D eigenvalue weighted by Crippen LogP contribution is 2.39. The molecule has 0 saturated heterocycles. The lowest BCUT2D eigenvalue weighted by atomic mass is 10.1.